The zero-order chi connectivity index (χ0) is 24.9. The van der Waals surface area contributed by atoms with Crippen molar-refractivity contribution < 1.29 is 47.5 Å². The molecule has 1 aliphatic heterocycles. The van der Waals surface area contributed by atoms with E-state index >= 15 is 0 Å². The monoisotopic (exact) mass is 494 g/mol. The molecule has 11 heteroatoms. The highest BCUT2D eigenvalue weighted by Gasteiger charge is 2.19. The summed E-state index contributed by atoms with van der Waals surface area (Å²) in [5.41, 5.74) is 1.77. The second-order valence-electron chi connectivity index (χ2n) is 7.60. The summed E-state index contributed by atoms with van der Waals surface area (Å²) in [7, 11) is 2.18. The molecule has 3 aromatic rings. The molecular weight excluding hydrogens is 468 g/mol. The first-order chi connectivity index (χ1) is 16.1. The van der Waals surface area contributed by atoms with Crippen LogP contribution in [0, 0.1) is 10.2 Å². The summed E-state index contributed by atoms with van der Waals surface area (Å²) in [5, 5.41) is 2.21. The molecule has 1 saturated heterocycles. The van der Waals surface area contributed by atoms with Crippen molar-refractivity contribution in [2.75, 3.05) is 54.6 Å². The second-order valence-corrected chi connectivity index (χ2v) is 8.35. The summed E-state index contributed by atoms with van der Waals surface area (Å²) in [5.74, 6) is 2.98. The Bertz CT molecular complexity index is 1190. The van der Waals surface area contributed by atoms with Crippen LogP contribution in [0.4, 0.5) is 0 Å². The van der Waals surface area contributed by atoms with Crippen molar-refractivity contribution in [1.82, 2.24) is 9.48 Å². The number of hydrogen-bond acceptors (Lipinski definition) is 9. The molecule has 184 valence electrons. The maximum absolute atomic E-state index is 8.49. The van der Waals surface area contributed by atoms with Gasteiger partial charge in [0.2, 0.25) is 5.36 Å². The predicted octanol–water partition coefficient (Wildman–Crippen LogP) is -1.91. The minimum atomic E-state index is -4.94. The first-order valence-corrected chi connectivity index (χ1v) is 11.6. The molecule has 34 heavy (non-hydrogen) atoms. The Hall–Kier alpha value is -2.86. The number of benzene rings is 2. The molecule has 0 amide bonds. The van der Waals surface area contributed by atoms with Crippen molar-refractivity contribution in [1.29, 1.82) is 0 Å². The lowest BCUT2D eigenvalue weighted by molar-refractivity contribution is -2.00. The predicted molar refractivity (Wildman–Crippen MR) is 114 cm³/mol. The number of halogens is 1. The average Bonchev–Trinajstić information content (AvgIpc) is 2.82. The third-order valence-electron chi connectivity index (χ3n) is 5.46. The van der Waals surface area contributed by atoms with Crippen LogP contribution in [0.1, 0.15) is 0 Å². The topological polar surface area (TPSA) is 139 Å². The van der Waals surface area contributed by atoms with E-state index in [0.717, 1.165) is 59.6 Å². The van der Waals surface area contributed by atoms with Crippen molar-refractivity contribution in [3.8, 4) is 28.6 Å². The van der Waals surface area contributed by atoms with Gasteiger partial charge in [-0.05, 0) is 43.4 Å². The maximum Gasteiger partial charge on any atom is 0.215 e. The van der Waals surface area contributed by atoms with Gasteiger partial charge in [0.1, 0.15) is 17.1 Å². The van der Waals surface area contributed by atoms with Gasteiger partial charge in [0.05, 0.1) is 45.9 Å². The third-order valence-corrected chi connectivity index (χ3v) is 5.46. The fourth-order valence-corrected chi connectivity index (χ4v) is 3.72. The van der Waals surface area contributed by atoms with Crippen molar-refractivity contribution >= 4 is 11.0 Å². The Balaban J connectivity index is 0.000000588. The van der Waals surface area contributed by atoms with E-state index < -0.39 is 10.2 Å². The SMILES string of the molecule is COc1ccc2oc(-c3ccc(OC)c(OC)c3)cc(=[N+]3CCN(C)CC3)c2c1.[O-][Cl+3]([O-])([O-])[O-]. The molecule has 2 heterocycles. The molecule has 1 aliphatic rings. The lowest BCUT2D eigenvalue weighted by Crippen LogP contribution is -2.68. The van der Waals surface area contributed by atoms with Gasteiger partial charge in [-0.2, -0.15) is 0 Å². The van der Waals surface area contributed by atoms with E-state index in [1.165, 1.54) is 0 Å². The number of piperazine rings is 1. The van der Waals surface area contributed by atoms with Crippen LogP contribution in [-0.2, 0) is 0 Å². The molecule has 1 aromatic heterocycles. The molecule has 2 aromatic carbocycles. The molecule has 0 spiro atoms. The van der Waals surface area contributed by atoms with Crippen molar-refractivity contribution in [2.45, 2.75) is 0 Å². The van der Waals surface area contributed by atoms with Crippen LogP contribution in [0.3, 0.4) is 0 Å². The van der Waals surface area contributed by atoms with E-state index in [4.69, 9.17) is 37.3 Å². The summed E-state index contributed by atoms with van der Waals surface area (Å²) >= 11 is 0. The highest BCUT2D eigenvalue weighted by Crippen LogP contribution is 2.33. The van der Waals surface area contributed by atoms with Gasteiger partial charge in [0.15, 0.2) is 24.6 Å². The zero-order valence-electron chi connectivity index (χ0n) is 19.4. The first-order valence-electron chi connectivity index (χ1n) is 10.4. The minimum absolute atomic E-state index is 0.677. The third kappa shape index (κ3) is 6.60. The highest BCUT2D eigenvalue weighted by molar-refractivity contribution is 5.80. The summed E-state index contributed by atoms with van der Waals surface area (Å²) in [6, 6.07) is 13.9. The van der Waals surface area contributed by atoms with E-state index in [0.29, 0.717) is 11.5 Å². The number of hydrogen-bond donors (Lipinski definition) is 0. The number of rotatable bonds is 4. The van der Waals surface area contributed by atoms with Crippen molar-refractivity contribution in [3.05, 3.63) is 47.8 Å². The quantitative estimate of drug-likeness (QED) is 0.380. The molecular formula is C23H27ClN2O8. The summed E-state index contributed by atoms with van der Waals surface area (Å²) in [6.45, 7) is 4.00. The first kappa shape index (κ1) is 25.8. The number of likely N-dealkylation sites (N-methyl/N-ethyl adjacent to an activating group) is 1. The number of nitrogens with zero attached hydrogens (tertiary/aromatic N) is 2. The molecule has 0 N–H and O–H groups in total. The fourth-order valence-electron chi connectivity index (χ4n) is 3.72. The number of ether oxygens (including phenoxy) is 3. The molecule has 0 saturated carbocycles. The van der Waals surface area contributed by atoms with E-state index in [1.807, 2.05) is 36.4 Å². The molecule has 0 bridgehead atoms. The van der Waals surface area contributed by atoms with E-state index in [-0.39, 0.29) is 0 Å². The van der Waals surface area contributed by atoms with E-state index in [1.54, 1.807) is 21.3 Å². The van der Waals surface area contributed by atoms with Crippen LogP contribution in [-0.4, -0.2) is 59.5 Å². The Labute approximate surface area is 199 Å². The largest absolute Gasteiger partial charge is 0.497 e. The molecule has 4 rings (SSSR count). The normalized spacial score (nSPS) is 14.4. The molecule has 0 atom stereocenters. The average molecular weight is 495 g/mol. The van der Waals surface area contributed by atoms with Gasteiger partial charge in [-0.15, -0.1) is 10.2 Å². The molecule has 10 nitrogen and oxygen atoms in total. The molecule has 0 unspecified atom stereocenters. The van der Waals surface area contributed by atoms with Gasteiger partial charge >= 0.3 is 0 Å². The highest BCUT2D eigenvalue weighted by atomic mass is 35.7. The number of methoxy groups -OCH3 is 3. The molecule has 1 fully saturated rings. The molecule has 0 radical (unpaired) electrons. The van der Waals surface area contributed by atoms with Crippen LogP contribution >= 0.6 is 0 Å². The van der Waals surface area contributed by atoms with Crippen LogP contribution in [0.2, 0.25) is 0 Å². The van der Waals surface area contributed by atoms with Gasteiger partial charge in [-0.3, -0.25) is 4.90 Å². The van der Waals surface area contributed by atoms with Crippen LogP contribution in [0.15, 0.2) is 46.9 Å². The van der Waals surface area contributed by atoms with Crippen LogP contribution in [0.5, 0.6) is 17.2 Å². The standard InChI is InChI=1S/C23H27N2O4.ClHO4/c1-24-9-11-25(12-10-24)19-15-22(16-5-7-21(27-3)23(13-16)28-4)29-20-8-6-17(26-2)14-18(19)20;2-1(3,4)5/h5-8,13-15H,9-12H2,1-4H3;(H,2,3,4,5)/q+1;/p-1. The minimum Gasteiger partial charge on any atom is -0.497 e. The van der Waals surface area contributed by atoms with Crippen LogP contribution < -0.4 is 42.8 Å². The number of fused-ring (bicyclic) bond motifs is 1. The van der Waals surface area contributed by atoms with E-state index in [9.17, 15) is 0 Å². The van der Waals surface area contributed by atoms with Crippen LogP contribution in [0.25, 0.3) is 22.3 Å². The van der Waals surface area contributed by atoms with Gasteiger partial charge in [-0.1, -0.05) is 0 Å². The smallest absolute Gasteiger partial charge is 0.215 e. The van der Waals surface area contributed by atoms with Gasteiger partial charge < -0.3 is 18.6 Å². The summed E-state index contributed by atoms with van der Waals surface area (Å²) in [6.07, 6.45) is 0. The Morgan fingerprint density at radius 3 is 2.09 bits per heavy atom. The molecule has 0 aliphatic carbocycles. The van der Waals surface area contributed by atoms with Gasteiger partial charge in [0, 0.05) is 5.56 Å². The second kappa shape index (κ2) is 11.0. The lowest BCUT2D eigenvalue weighted by atomic mass is 10.1. The van der Waals surface area contributed by atoms with Crippen molar-refractivity contribution in [3.63, 3.8) is 0 Å². The lowest BCUT2D eigenvalue weighted by Gasteiger charge is -2.20. The Morgan fingerprint density at radius 1 is 0.853 bits per heavy atom. The van der Waals surface area contributed by atoms with E-state index in [2.05, 4.69) is 22.6 Å². The Morgan fingerprint density at radius 2 is 1.50 bits per heavy atom. The fraction of sp³-hybridized carbons (Fsp3) is 0.348. The van der Waals surface area contributed by atoms with Gasteiger partial charge in [-0.25, -0.2) is 23.2 Å². The zero-order valence-corrected chi connectivity index (χ0v) is 20.2. The van der Waals surface area contributed by atoms with Gasteiger partial charge in [0.25, 0.3) is 0 Å². The summed E-state index contributed by atoms with van der Waals surface area (Å²) < 4.78 is 59.0. The maximum atomic E-state index is 8.49. The summed E-state index contributed by atoms with van der Waals surface area (Å²) in [4.78, 5) is 2.35. The Kier molecular flexibility index (Phi) is 8.37. The van der Waals surface area contributed by atoms with Crippen molar-refractivity contribution in [2.24, 2.45) is 0 Å².